The number of carbonyl (C=O) groups is 3. The molecule has 2 aromatic rings. The molecule has 0 aromatic heterocycles. The van der Waals surface area contributed by atoms with Gasteiger partial charge in [-0.2, -0.15) is 0 Å². The number of nitrogens with one attached hydrogen (secondary N) is 1. The first-order chi connectivity index (χ1) is 15.9. The van der Waals surface area contributed by atoms with E-state index in [0.717, 1.165) is 11.1 Å². The average molecular weight is 455 g/mol. The Labute approximate surface area is 193 Å². The van der Waals surface area contributed by atoms with Gasteiger partial charge >= 0.3 is 12.1 Å². The van der Waals surface area contributed by atoms with E-state index < -0.39 is 18.0 Å². The lowest BCUT2D eigenvalue weighted by atomic mass is 9.98. The number of carboxylic acids is 1. The van der Waals surface area contributed by atoms with Crippen molar-refractivity contribution in [2.75, 3.05) is 39.5 Å². The smallest absolute Gasteiger partial charge is 0.407 e. The van der Waals surface area contributed by atoms with E-state index >= 15 is 0 Å². The number of likely N-dealkylation sites (N-methyl/N-ethyl adjacent to an activating group) is 1. The Hall–Kier alpha value is -3.39. The molecule has 3 rings (SSSR count). The number of benzene rings is 2. The molecule has 0 bridgehead atoms. The summed E-state index contributed by atoms with van der Waals surface area (Å²) in [6, 6.07) is 16.2. The van der Waals surface area contributed by atoms with Gasteiger partial charge in [-0.15, -0.1) is 0 Å². The highest BCUT2D eigenvalue weighted by atomic mass is 16.5. The fourth-order valence-electron chi connectivity index (χ4n) is 3.94. The molecule has 8 heteroatoms. The molecular formula is C25H30N2O6. The van der Waals surface area contributed by atoms with Crippen LogP contribution in [0.5, 0.6) is 0 Å². The second-order valence-electron chi connectivity index (χ2n) is 7.98. The number of fused-ring (bicyclic) bond motifs is 3. The summed E-state index contributed by atoms with van der Waals surface area (Å²) in [4.78, 5) is 36.7. The third-order valence-corrected chi connectivity index (χ3v) is 5.74. The molecule has 1 aliphatic carbocycles. The zero-order valence-electron chi connectivity index (χ0n) is 19.0. The molecule has 2 amide bonds. The van der Waals surface area contributed by atoms with Gasteiger partial charge in [0.2, 0.25) is 5.91 Å². The van der Waals surface area contributed by atoms with Crippen molar-refractivity contribution in [3.63, 3.8) is 0 Å². The van der Waals surface area contributed by atoms with Crippen LogP contribution in [0.1, 0.15) is 30.9 Å². The molecule has 1 aliphatic rings. The molecule has 1 unspecified atom stereocenters. The third kappa shape index (κ3) is 6.10. The molecule has 1 atom stereocenters. The summed E-state index contributed by atoms with van der Waals surface area (Å²) in [5, 5.41) is 11.6. The Morgan fingerprint density at radius 1 is 1.06 bits per heavy atom. The van der Waals surface area contributed by atoms with Gasteiger partial charge in [0.15, 0.2) is 0 Å². The van der Waals surface area contributed by atoms with Crippen molar-refractivity contribution in [2.45, 2.75) is 19.8 Å². The van der Waals surface area contributed by atoms with Gasteiger partial charge in [0.1, 0.15) is 13.2 Å². The Morgan fingerprint density at radius 3 is 2.24 bits per heavy atom. The number of nitrogens with zero attached hydrogens (tertiary/aromatic N) is 1. The zero-order valence-corrected chi connectivity index (χ0v) is 19.0. The minimum atomic E-state index is -0.950. The van der Waals surface area contributed by atoms with Crippen molar-refractivity contribution in [2.24, 2.45) is 5.92 Å². The summed E-state index contributed by atoms with van der Waals surface area (Å²) in [5.74, 6) is -1.89. The van der Waals surface area contributed by atoms with Gasteiger partial charge in [-0.25, -0.2) is 4.79 Å². The molecule has 2 N–H and O–H groups in total. The van der Waals surface area contributed by atoms with E-state index in [0.29, 0.717) is 6.54 Å². The number of carbonyl (C=O) groups excluding carboxylic acids is 2. The quantitative estimate of drug-likeness (QED) is 0.506. The van der Waals surface area contributed by atoms with E-state index in [9.17, 15) is 14.4 Å². The van der Waals surface area contributed by atoms with Gasteiger partial charge in [0.25, 0.3) is 0 Å². The SMILES string of the molecule is CCN(CC(C)C(=O)O)C(=O)COCCNC(=O)OCC1c2ccccc2-c2ccccc21. The second-order valence-corrected chi connectivity index (χ2v) is 7.98. The predicted octanol–water partition coefficient (Wildman–Crippen LogP) is 3.11. The first-order valence-corrected chi connectivity index (χ1v) is 11.1. The first-order valence-electron chi connectivity index (χ1n) is 11.1. The van der Waals surface area contributed by atoms with Gasteiger partial charge in [-0.3, -0.25) is 9.59 Å². The minimum absolute atomic E-state index is 0.00903. The number of alkyl carbamates (subject to hydrolysis) is 1. The van der Waals surface area contributed by atoms with Crippen molar-refractivity contribution in [3.8, 4) is 11.1 Å². The molecule has 2 aromatic carbocycles. The molecular weight excluding hydrogens is 424 g/mol. The normalized spacial score (nSPS) is 13.0. The topological polar surface area (TPSA) is 105 Å². The summed E-state index contributed by atoms with van der Waals surface area (Å²) in [6.45, 7) is 4.26. The minimum Gasteiger partial charge on any atom is -0.481 e. The number of aliphatic carboxylic acids is 1. The Morgan fingerprint density at radius 2 is 1.67 bits per heavy atom. The summed E-state index contributed by atoms with van der Waals surface area (Å²) >= 11 is 0. The molecule has 0 spiro atoms. The largest absolute Gasteiger partial charge is 0.481 e. The van der Waals surface area contributed by atoms with Crippen LogP contribution < -0.4 is 5.32 Å². The molecule has 0 aliphatic heterocycles. The Bertz CT molecular complexity index is 947. The van der Waals surface area contributed by atoms with Gasteiger partial charge in [-0.1, -0.05) is 55.5 Å². The Kier molecular flexibility index (Phi) is 8.43. The highest BCUT2D eigenvalue weighted by Crippen LogP contribution is 2.44. The highest BCUT2D eigenvalue weighted by Gasteiger charge is 2.29. The molecule has 0 fully saturated rings. The predicted molar refractivity (Wildman–Crippen MR) is 123 cm³/mol. The van der Waals surface area contributed by atoms with Crippen molar-refractivity contribution in [1.29, 1.82) is 0 Å². The van der Waals surface area contributed by atoms with Crippen LogP contribution in [0.25, 0.3) is 11.1 Å². The van der Waals surface area contributed by atoms with Crippen LogP contribution in [0.3, 0.4) is 0 Å². The van der Waals surface area contributed by atoms with Crippen LogP contribution in [0.4, 0.5) is 4.79 Å². The number of hydrogen-bond acceptors (Lipinski definition) is 5. The van der Waals surface area contributed by atoms with Crippen LogP contribution in [0.15, 0.2) is 48.5 Å². The van der Waals surface area contributed by atoms with E-state index in [1.807, 2.05) is 24.3 Å². The van der Waals surface area contributed by atoms with Gasteiger partial charge in [0, 0.05) is 25.6 Å². The maximum atomic E-state index is 12.2. The van der Waals surface area contributed by atoms with Gasteiger partial charge in [-0.05, 0) is 29.2 Å². The maximum absolute atomic E-state index is 12.2. The van der Waals surface area contributed by atoms with Crippen LogP contribution >= 0.6 is 0 Å². The van der Waals surface area contributed by atoms with E-state index in [1.54, 1.807) is 13.8 Å². The van der Waals surface area contributed by atoms with E-state index in [4.69, 9.17) is 14.6 Å². The number of rotatable bonds is 11. The standard InChI is InChI=1S/C25H30N2O6/c1-3-27(14-17(2)24(29)30)23(28)16-32-13-12-26-25(31)33-15-22-20-10-6-4-8-18(20)19-9-5-7-11-21(19)22/h4-11,17,22H,3,12-16H2,1-2H3,(H,26,31)(H,29,30). The lowest BCUT2D eigenvalue weighted by molar-refractivity contribution is -0.144. The second kappa shape index (κ2) is 11.5. The van der Waals surface area contributed by atoms with Crippen molar-refractivity contribution in [3.05, 3.63) is 59.7 Å². The van der Waals surface area contributed by atoms with Crippen LogP contribution in [0, 0.1) is 5.92 Å². The van der Waals surface area contributed by atoms with Crippen molar-refractivity contribution in [1.82, 2.24) is 10.2 Å². The van der Waals surface area contributed by atoms with Crippen LogP contribution in [-0.4, -0.2) is 67.4 Å². The van der Waals surface area contributed by atoms with Crippen molar-refractivity contribution >= 4 is 18.0 Å². The van der Waals surface area contributed by atoms with Gasteiger partial charge in [0.05, 0.1) is 12.5 Å². The third-order valence-electron chi connectivity index (χ3n) is 5.74. The summed E-state index contributed by atoms with van der Waals surface area (Å²) in [5.41, 5.74) is 4.62. The van der Waals surface area contributed by atoms with E-state index in [2.05, 4.69) is 29.6 Å². The fourth-order valence-corrected chi connectivity index (χ4v) is 3.94. The number of hydrogen-bond donors (Lipinski definition) is 2. The molecule has 8 nitrogen and oxygen atoms in total. The van der Waals surface area contributed by atoms with Crippen LogP contribution in [-0.2, 0) is 19.1 Å². The van der Waals surface area contributed by atoms with Crippen LogP contribution in [0.2, 0.25) is 0 Å². The maximum Gasteiger partial charge on any atom is 0.407 e. The summed E-state index contributed by atoms with van der Waals surface area (Å²) in [7, 11) is 0. The van der Waals surface area contributed by atoms with E-state index in [1.165, 1.54) is 16.0 Å². The molecule has 0 heterocycles. The monoisotopic (exact) mass is 454 g/mol. The lowest BCUT2D eigenvalue weighted by Crippen LogP contribution is -2.39. The molecule has 0 saturated carbocycles. The van der Waals surface area contributed by atoms with E-state index in [-0.39, 0.29) is 44.7 Å². The fraction of sp³-hybridized carbons (Fsp3) is 0.400. The van der Waals surface area contributed by atoms with Crippen molar-refractivity contribution < 1.29 is 29.0 Å². The number of amides is 2. The number of ether oxygens (including phenoxy) is 2. The molecule has 0 radical (unpaired) electrons. The Balaban J connectivity index is 1.39. The molecule has 0 saturated heterocycles. The van der Waals surface area contributed by atoms with Gasteiger partial charge < -0.3 is 24.8 Å². The molecule has 176 valence electrons. The molecule has 33 heavy (non-hydrogen) atoms. The highest BCUT2D eigenvalue weighted by molar-refractivity contribution is 5.79. The lowest BCUT2D eigenvalue weighted by Gasteiger charge is -2.22. The summed E-state index contributed by atoms with van der Waals surface area (Å²) in [6.07, 6.45) is -0.544. The average Bonchev–Trinajstić information content (AvgIpc) is 3.14. The first kappa shape index (κ1) is 24.3. The summed E-state index contributed by atoms with van der Waals surface area (Å²) < 4.78 is 10.8. The zero-order chi connectivity index (χ0) is 23.8. The number of carboxylic acid groups (broad SMARTS) is 1.